The monoisotopic (exact) mass is 460 g/mol. The van der Waals surface area contributed by atoms with Gasteiger partial charge in [0.25, 0.3) is 0 Å². The van der Waals surface area contributed by atoms with Gasteiger partial charge in [-0.05, 0) is 37.1 Å². The van der Waals surface area contributed by atoms with Crippen molar-refractivity contribution in [1.29, 1.82) is 0 Å². The van der Waals surface area contributed by atoms with Gasteiger partial charge in [-0.1, -0.05) is 89.7 Å². The predicted molar refractivity (Wildman–Crippen MR) is 134 cm³/mol. The summed E-state index contributed by atoms with van der Waals surface area (Å²) in [5.74, 6) is 0.00301. The molecule has 0 atom stereocenters. The second kappa shape index (κ2) is 19.2. The van der Waals surface area contributed by atoms with Crippen LogP contribution in [-0.4, -0.2) is 32.3 Å². The fraction of sp³-hybridized carbons (Fsp3) is 0.643. The standard InChI is InChI=1S/C28H44O5/c1-4-5-6-7-8-9-10-11-12-13-14-15-21-32-26-18-16-25(17-19-26)23-24(2)28(30)33-22-20-27(29)31-3/h16-19,23H,4-15,20-22H2,1-3H3/b24-23+. The minimum Gasteiger partial charge on any atom is -0.494 e. The van der Waals surface area contributed by atoms with E-state index < -0.39 is 11.9 Å². The Labute approximate surface area is 200 Å². The molecule has 5 heteroatoms. The molecule has 0 aromatic heterocycles. The second-order valence-electron chi connectivity index (χ2n) is 8.60. The third-order valence-corrected chi connectivity index (χ3v) is 5.62. The maximum atomic E-state index is 12.0. The quantitative estimate of drug-likeness (QED) is 0.123. The molecule has 0 unspecified atom stereocenters. The summed E-state index contributed by atoms with van der Waals surface area (Å²) < 4.78 is 15.4. The lowest BCUT2D eigenvalue weighted by molar-refractivity contribution is -0.145. The molecule has 1 aromatic rings. The molecule has 0 heterocycles. The van der Waals surface area contributed by atoms with Crippen molar-refractivity contribution in [1.82, 2.24) is 0 Å². The van der Waals surface area contributed by atoms with E-state index in [1.165, 1.54) is 77.7 Å². The summed E-state index contributed by atoms with van der Waals surface area (Å²) in [4.78, 5) is 23.0. The van der Waals surface area contributed by atoms with Crippen molar-refractivity contribution in [2.24, 2.45) is 0 Å². The number of hydrogen-bond donors (Lipinski definition) is 0. The van der Waals surface area contributed by atoms with Crippen molar-refractivity contribution >= 4 is 18.0 Å². The second-order valence-corrected chi connectivity index (χ2v) is 8.60. The predicted octanol–water partition coefficient (Wildman–Crippen LogP) is 7.28. The topological polar surface area (TPSA) is 61.8 Å². The fourth-order valence-electron chi connectivity index (χ4n) is 3.55. The highest BCUT2D eigenvalue weighted by Crippen LogP contribution is 2.16. The first-order valence-electron chi connectivity index (χ1n) is 12.7. The van der Waals surface area contributed by atoms with E-state index >= 15 is 0 Å². The Kier molecular flexibility index (Phi) is 16.7. The lowest BCUT2D eigenvalue weighted by Crippen LogP contribution is -2.11. The minimum atomic E-state index is -0.439. The average Bonchev–Trinajstić information content (AvgIpc) is 2.82. The van der Waals surface area contributed by atoms with Crippen LogP contribution in [0.3, 0.4) is 0 Å². The van der Waals surface area contributed by atoms with Crippen LogP contribution in [0.2, 0.25) is 0 Å². The zero-order valence-corrected chi connectivity index (χ0v) is 21.0. The molecule has 0 aliphatic heterocycles. The van der Waals surface area contributed by atoms with Crippen LogP contribution >= 0.6 is 0 Å². The van der Waals surface area contributed by atoms with Gasteiger partial charge in [-0.15, -0.1) is 0 Å². The SMILES string of the molecule is CCCCCCCCCCCCCCOc1ccc(/C=C(\C)C(=O)OCCC(=O)OC)cc1. The van der Waals surface area contributed by atoms with Crippen LogP contribution in [0.25, 0.3) is 6.08 Å². The smallest absolute Gasteiger partial charge is 0.333 e. The van der Waals surface area contributed by atoms with Gasteiger partial charge >= 0.3 is 11.9 Å². The number of esters is 2. The molecule has 0 amide bonds. The Balaban J connectivity index is 2.11. The molecule has 5 nitrogen and oxygen atoms in total. The molecule has 0 bridgehead atoms. The van der Waals surface area contributed by atoms with Gasteiger partial charge in [0, 0.05) is 5.57 Å². The van der Waals surface area contributed by atoms with Gasteiger partial charge in [0.2, 0.25) is 0 Å². The van der Waals surface area contributed by atoms with Crippen LogP contribution in [-0.2, 0) is 19.1 Å². The molecule has 0 saturated heterocycles. The molecular formula is C28H44O5. The van der Waals surface area contributed by atoms with Crippen molar-refractivity contribution in [2.75, 3.05) is 20.3 Å². The zero-order valence-electron chi connectivity index (χ0n) is 21.0. The normalized spacial score (nSPS) is 11.3. The van der Waals surface area contributed by atoms with Crippen LogP contribution in [0.4, 0.5) is 0 Å². The van der Waals surface area contributed by atoms with Crippen LogP contribution in [0.5, 0.6) is 5.75 Å². The fourth-order valence-corrected chi connectivity index (χ4v) is 3.55. The van der Waals surface area contributed by atoms with Crippen molar-refractivity contribution in [2.45, 2.75) is 97.3 Å². The summed E-state index contributed by atoms with van der Waals surface area (Å²) in [6, 6.07) is 7.68. The number of methoxy groups -OCH3 is 1. The Morgan fingerprint density at radius 1 is 0.788 bits per heavy atom. The third-order valence-electron chi connectivity index (χ3n) is 5.62. The average molecular weight is 461 g/mol. The van der Waals surface area contributed by atoms with Gasteiger partial charge in [-0.3, -0.25) is 4.79 Å². The Morgan fingerprint density at radius 3 is 1.88 bits per heavy atom. The van der Waals surface area contributed by atoms with E-state index in [4.69, 9.17) is 9.47 Å². The van der Waals surface area contributed by atoms with E-state index in [1.807, 2.05) is 24.3 Å². The molecule has 0 spiro atoms. The summed E-state index contributed by atoms with van der Waals surface area (Å²) in [5.41, 5.74) is 1.38. The highest BCUT2D eigenvalue weighted by Gasteiger charge is 2.08. The van der Waals surface area contributed by atoms with E-state index in [0.717, 1.165) is 24.3 Å². The molecule has 33 heavy (non-hydrogen) atoms. The Morgan fingerprint density at radius 2 is 1.33 bits per heavy atom. The molecule has 0 aliphatic carbocycles. The number of carbonyl (C=O) groups excluding carboxylic acids is 2. The number of unbranched alkanes of at least 4 members (excludes halogenated alkanes) is 11. The zero-order chi connectivity index (χ0) is 24.2. The van der Waals surface area contributed by atoms with E-state index in [-0.39, 0.29) is 13.0 Å². The number of ether oxygens (including phenoxy) is 3. The molecule has 0 N–H and O–H groups in total. The summed E-state index contributed by atoms with van der Waals surface area (Å²) in [5, 5.41) is 0. The van der Waals surface area contributed by atoms with Crippen molar-refractivity contribution in [3.63, 3.8) is 0 Å². The lowest BCUT2D eigenvalue weighted by Gasteiger charge is -2.07. The minimum absolute atomic E-state index is 0.0165. The first-order chi connectivity index (χ1) is 16.1. The highest BCUT2D eigenvalue weighted by molar-refractivity contribution is 5.93. The Bertz CT molecular complexity index is 678. The van der Waals surface area contributed by atoms with Gasteiger partial charge in [-0.2, -0.15) is 0 Å². The molecule has 186 valence electrons. The van der Waals surface area contributed by atoms with Crippen molar-refractivity contribution < 1.29 is 23.8 Å². The van der Waals surface area contributed by atoms with Crippen LogP contribution in [0.15, 0.2) is 29.8 Å². The largest absolute Gasteiger partial charge is 0.494 e. The maximum Gasteiger partial charge on any atom is 0.333 e. The summed E-state index contributed by atoms with van der Waals surface area (Å²) in [6.07, 6.45) is 17.8. The molecule has 1 aromatic carbocycles. The molecule has 0 aliphatic rings. The molecule has 0 fully saturated rings. The lowest BCUT2D eigenvalue weighted by atomic mass is 10.1. The maximum absolute atomic E-state index is 12.0. The van der Waals surface area contributed by atoms with E-state index in [1.54, 1.807) is 13.0 Å². The first kappa shape index (κ1) is 28.7. The molecular weight excluding hydrogens is 416 g/mol. The summed E-state index contributed by atoms with van der Waals surface area (Å²) in [6.45, 7) is 4.71. The van der Waals surface area contributed by atoms with Crippen LogP contribution in [0.1, 0.15) is 103 Å². The number of hydrogen-bond acceptors (Lipinski definition) is 5. The summed E-state index contributed by atoms with van der Waals surface area (Å²) in [7, 11) is 1.31. The van der Waals surface area contributed by atoms with Crippen molar-refractivity contribution in [3.05, 3.63) is 35.4 Å². The van der Waals surface area contributed by atoms with E-state index in [9.17, 15) is 9.59 Å². The van der Waals surface area contributed by atoms with E-state index in [2.05, 4.69) is 11.7 Å². The van der Waals surface area contributed by atoms with Crippen LogP contribution in [0, 0.1) is 0 Å². The van der Waals surface area contributed by atoms with Gasteiger partial charge in [0.15, 0.2) is 0 Å². The Hall–Kier alpha value is -2.30. The van der Waals surface area contributed by atoms with Gasteiger partial charge in [0.05, 0.1) is 20.1 Å². The number of carbonyl (C=O) groups is 2. The molecule has 0 saturated carbocycles. The third kappa shape index (κ3) is 15.2. The van der Waals surface area contributed by atoms with Gasteiger partial charge < -0.3 is 14.2 Å². The molecule has 0 radical (unpaired) electrons. The summed E-state index contributed by atoms with van der Waals surface area (Å²) >= 11 is 0. The highest BCUT2D eigenvalue weighted by atomic mass is 16.5. The number of rotatable bonds is 19. The molecule has 1 rings (SSSR count). The first-order valence-corrected chi connectivity index (χ1v) is 12.7. The number of benzene rings is 1. The van der Waals surface area contributed by atoms with Gasteiger partial charge in [0.1, 0.15) is 12.4 Å². The van der Waals surface area contributed by atoms with Crippen molar-refractivity contribution in [3.8, 4) is 5.75 Å². The van der Waals surface area contributed by atoms with Crippen LogP contribution < -0.4 is 4.74 Å². The van der Waals surface area contributed by atoms with Gasteiger partial charge in [-0.25, -0.2) is 4.79 Å². The van der Waals surface area contributed by atoms with E-state index in [0.29, 0.717) is 5.57 Å².